The number of rotatable bonds is 3. The first kappa shape index (κ1) is 17.0. The highest BCUT2D eigenvalue weighted by molar-refractivity contribution is 5.78. The lowest BCUT2D eigenvalue weighted by molar-refractivity contribution is -0.125. The van der Waals surface area contributed by atoms with E-state index < -0.39 is 0 Å². The first-order chi connectivity index (χ1) is 10.9. The number of hydrogen-bond donors (Lipinski definition) is 1. The highest BCUT2D eigenvalue weighted by atomic mass is 16.1. The van der Waals surface area contributed by atoms with Crippen LogP contribution in [-0.2, 0) is 11.3 Å². The number of aromatic nitrogens is 1. The van der Waals surface area contributed by atoms with Gasteiger partial charge in [0.2, 0.25) is 5.91 Å². The Morgan fingerprint density at radius 2 is 1.55 bits per heavy atom. The summed E-state index contributed by atoms with van der Waals surface area (Å²) in [6.07, 6.45) is 15.6. The van der Waals surface area contributed by atoms with Gasteiger partial charge in [-0.3, -0.25) is 9.78 Å². The number of carbonyl (C=O) groups is 1. The molecule has 0 atom stereocenters. The second-order valence-electron chi connectivity index (χ2n) is 6.50. The van der Waals surface area contributed by atoms with Crippen molar-refractivity contribution in [1.82, 2.24) is 10.3 Å². The number of nitrogens with one attached hydrogen (secondary N) is 1. The molecule has 1 saturated carbocycles. The van der Waals surface area contributed by atoms with Crippen molar-refractivity contribution >= 4 is 5.91 Å². The molecular formula is C19H30N2O. The predicted octanol–water partition coefficient (Wildman–Crippen LogP) is 4.62. The molecular weight excluding hydrogens is 272 g/mol. The summed E-state index contributed by atoms with van der Waals surface area (Å²) in [6, 6.07) is 5.82. The predicted molar refractivity (Wildman–Crippen MR) is 90.4 cm³/mol. The summed E-state index contributed by atoms with van der Waals surface area (Å²) >= 11 is 0. The van der Waals surface area contributed by atoms with Gasteiger partial charge in [-0.1, -0.05) is 63.9 Å². The van der Waals surface area contributed by atoms with E-state index in [2.05, 4.69) is 10.3 Å². The topological polar surface area (TPSA) is 42.0 Å². The minimum absolute atomic E-state index is 0.197. The Kier molecular flexibility index (Phi) is 8.00. The maximum absolute atomic E-state index is 12.4. The molecule has 1 aromatic heterocycles. The van der Waals surface area contributed by atoms with Crippen molar-refractivity contribution in [1.29, 1.82) is 0 Å². The smallest absolute Gasteiger partial charge is 0.223 e. The van der Waals surface area contributed by atoms with E-state index in [1.165, 1.54) is 57.8 Å². The summed E-state index contributed by atoms with van der Waals surface area (Å²) in [5, 5.41) is 3.08. The zero-order valence-corrected chi connectivity index (χ0v) is 13.7. The maximum atomic E-state index is 12.4. The lowest BCUT2D eigenvalue weighted by atomic mass is 9.92. The zero-order chi connectivity index (χ0) is 15.5. The molecule has 0 radical (unpaired) electrons. The van der Waals surface area contributed by atoms with Crippen LogP contribution >= 0.6 is 0 Å². The van der Waals surface area contributed by atoms with E-state index in [0.717, 1.165) is 18.5 Å². The Morgan fingerprint density at radius 3 is 2.09 bits per heavy atom. The highest BCUT2D eigenvalue weighted by Crippen LogP contribution is 2.21. The van der Waals surface area contributed by atoms with Crippen LogP contribution in [0.4, 0.5) is 0 Å². The number of nitrogens with zero attached hydrogens (tertiary/aromatic N) is 1. The molecule has 1 amide bonds. The van der Waals surface area contributed by atoms with Crippen LogP contribution < -0.4 is 5.32 Å². The van der Waals surface area contributed by atoms with Crippen LogP contribution in [0.15, 0.2) is 24.4 Å². The van der Waals surface area contributed by atoms with Crippen LogP contribution in [0.1, 0.15) is 76.3 Å². The number of hydrogen-bond acceptors (Lipinski definition) is 2. The lowest BCUT2D eigenvalue weighted by Gasteiger charge is -2.17. The Labute approximate surface area is 134 Å². The van der Waals surface area contributed by atoms with Gasteiger partial charge in [-0.2, -0.15) is 0 Å². The van der Waals surface area contributed by atoms with E-state index in [9.17, 15) is 4.79 Å². The van der Waals surface area contributed by atoms with Crippen molar-refractivity contribution < 1.29 is 4.79 Å². The average molecular weight is 302 g/mol. The van der Waals surface area contributed by atoms with Gasteiger partial charge in [-0.05, 0) is 25.0 Å². The molecule has 22 heavy (non-hydrogen) atoms. The molecule has 0 saturated heterocycles. The summed E-state index contributed by atoms with van der Waals surface area (Å²) < 4.78 is 0. The van der Waals surface area contributed by atoms with Gasteiger partial charge in [0.15, 0.2) is 0 Å². The molecule has 1 aliphatic rings. The van der Waals surface area contributed by atoms with E-state index in [4.69, 9.17) is 0 Å². The minimum atomic E-state index is 0.197. The second-order valence-corrected chi connectivity index (χ2v) is 6.50. The van der Waals surface area contributed by atoms with Crippen molar-refractivity contribution in [3.05, 3.63) is 30.1 Å². The van der Waals surface area contributed by atoms with Crippen molar-refractivity contribution in [3.63, 3.8) is 0 Å². The van der Waals surface area contributed by atoms with Crippen molar-refractivity contribution in [2.45, 2.75) is 77.2 Å². The molecule has 1 heterocycles. The Hall–Kier alpha value is -1.38. The van der Waals surface area contributed by atoms with Gasteiger partial charge in [0.05, 0.1) is 12.2 Å². The molecule has 0 bridgehead atoms. The number of carbonyl (C=O) groups excluding carboxylic acids is 1. The fraction of sp³-hybridized carbons (Fsp3) is 0.684. The third-order valence-electron chi connectivity index (χ3n) is 4.65. The Morgan fingerprint density at radius 1 is 0.955 bits per heavy atom. The quantitative estimate of drug-likeness (QED) is 0.885. The molecule has 122 valence electrons. The highest BCUT2D eigenvalue weighted by Gasteiger charge is 2.17. The molecule has 0 spiro atoms. The van der Waals surface area contributed by atoms with Crippen molar-refractivity contribution in [3.8, 4) is 0 Å². The number of amides is 1. The van der Waals surface area contributed by atoms with Crippen LogP contribution in [-0.4, -0.2) is 10.9 Å². The second kappa shape index (κ2) is 10.4. The summed E-state index contributed by atoms with van der Waals surface area (Å²) in [6.45, 7) is 0.552. The lowest BCUT2D eigenvalue weighted by Crippen LogP contribution is -2.30. The van der Waals surface area contributed by atoms with E-state index >= 15 is 0 Å². The fourth-order valence-corrected chi connectivity index (χ4v) is 3.25. The molecule has 0 aliphatic heterocycles. The summed E-state index contributed by atoms with van der Waals surface area (Å²) in [5.74, 6) is 0.422. The maximum Gasteiger partial charge on any atom is 0.223 e. The van der Waals surface area contributed by atoms with E-state index in [1.807, 2.05) is 18.2 Å². The Bertz CT molecular complexity index is 407. The van der Waals surface area contributed by atoms with E-state index in [1.54, 1.807) is 6.20 Å². The van der Waals surface area contributed by atoms with Crippen molar-refractivity contribution in [2.75, 3.05) is 0 Å². The molecule has 2 rings (SSSR count). The number of pyridine rings is 1. The van der Waals surface area contributed by atoms with E-state index in [-0.39, 0.29) is 11.8 Å². The molecule has 3 heteroatoms. The first-order valence-electron chi connectivity index (χ1n) is 9.04. The monoisotopic (exact) mass is 302 g/mol. The molecule has 1 aromatic rings. The van der Waals surface area contributed by atoms with Gasteiger partial charge in [0, 0.05) is 12.1 Å². The first-order valence-corrected chi connectivity index (χ1v) is 9.04. The van der Waals surface area contributed by atoms with Gasteiger partial charge in [-0.25, -0.2) is 0 Å². The van der Waals surface area contributed by atoms with Crippen molar-refractivity contribution in [2.24, 2.45) is 5.92 Å². The van der Waals surface area contributed by atoms with Gasteiger partial charge >= 0.3 is 0 Å². The molecule has 1 aliphatic carbocycles. The Balaban J connectivity index is 1.78. The third kappa shape index (κ3) is 6.59. The van der Waals surface area contributed by atoms with Gasteiger partial charge in [0.1, 0.15) is 0 Å². The fourth-order valence-electron chi connectivity index (χ4n) is 3.25. The van der Waals surface area contributed by atoms with Gasteiger partial charge in [0.25, 0.3) is 0 Å². The van der Waals surface area contributed by atoms with Crippen LogP contribution in [0.5, 0.6) is 0 Å². The summed E-state index contributed by atoms with van der Waals surface area (Å²) in [7, 11) is 0. The van der Waals surface area contributed by atoms with Crippen LogP contribution in [0, 0.1) is 5.92 Å². The molecule has 0 unspecified atom stereocenters. The van der Waals surface area contributed by atoms with Gasteiger partial charge < -0.3 is 5.32 Å². The summed E-state index contributed by atoms with van der Waals surface area (Å²) in [4.78, 5) is 16.7. The zero-order valence-electron chi connectivity index (χ0n) is 13.7. The molecule has 1 N–H and O–H groups in total. The third-order valence-corrected chi connectivity index (χ3v) is 4.65. The molecule has 0 aromatic carbocycles. The van der Waals surface area contributed by atoms with Crippen LogP contribution in [0.2, 0.25) is 0 Å². The molecule has 3 nitrogen and oxygen atoms in total. The average Bonchev–Trinajstić information content (AvgIpc) is 2.54. The van der Waals surface area contributed by atoms with Crippen LogP contribution in [0.25, 0.3) is 0 Å². The standard InChI is InChI=1S/C19H30N2O/c22-19(21-16-18-14-10-11-15-20-18)17-12-8-6-4-2-1-3-5-7-9-13-17/h10-11,14-15,17H,1-9,12-13,16H2,(H,21,22). The summed E-state index contributed by atoms with van der Waals surface area (Å²) in [5.41, 5.74) is 0.934. The van der Waals surface area contributed by atoms with Crippen LogP contribution in [0.3, 0.4) is 0 Å². The van der Waals surface area contributed by atoms with E-state index in [0.29, 0.717) is 6.54 Å². The molecule has 1 fully saturated rings. The SMILES string of the molecule is O=C(NCc1ccccn1)C1CCCCCCCCCCC1. The largest absolute Gasteiger partial charge is 0.350 e. The normalized spacial score (nSPS) is 18.9. The van der Waals surface area contributed by atoms with Gasteiger partial charge in [-0.15, -0.1) is 0 Å². The minimum Gasteiger partial charge on any atom is -0.350 e.